The number of benzene rings is 2. The van der Waals surface area contributed by atoms with Gasteiger partial charge in [-0.15, -0.1) is 0 Å². The SMILES string of the molecule is CC(c1ccccc1)N1C(=O)C(C)(C)C1c1ccccc1. The molecule has 2 unspecified atom stereocenters. The fourth-order valence-electron chi connectivity index (χ4n) is 3.35. The number of carbonyl (C=O) groups is 1. The summed E-state index contributed by atoms with van der Waals surface area (Å²) in [4.78, 5) is 14.6. The van der Waals surface area contributed by atoms with E-state index >= 15 is 0 Å². The number of hydrogen-bond donors (Lipinski definition) is 0. The Morgan fingerprint density at radius 3 is 2.05 bits per heavy atom. The summed E-state index contributed by atoms with van der Waals surface area (Å²) < 4.78 is 0. The summed E-state index contributed by atoms with van der Waals surface area (Å²) in [5.74, 6) is 0.229. The Morgan fingerprint density at radius 2 is 1.48 bits per heavy atom. The molecule has 2 aromatic carbocycles. The number of likely N-dealkylation sites (tertiary alicyclic amines) is 1. The van der Waals surface area contributed by atoms with Gasteiger partial charge < -0.3 is 4.90 Å². The Bertz CT molecular complexity index is 633. The van der Waals surface area contributed by atoms with E-state index < -0.39 is 0 Å². The minimum Gasteiger partial charge on any atom is -0.327 e. The Morgan fingerprint density at radius 1 is 0.952 bits per heavy atom. The first-order chi connectivity index (χ1) is 10.0. The maximum absolute atomic E-state index is 12.6. The van der Waals surface area contributed by atoms with Crippen molar-refractivity contribution < 1.29 is 4.79 Å². The molecule has 3 rings (SSSR count). The minimum atomic E-state index is -0.329. The molecule has 0 aliphatic carbocycles. The van der Waals surface area contributed by atoms with Crippen LogP contribution in [-0.2, 0) is 4.79 Å². The summed E-state index contributed by atoms with van der Waals surface area (Å²) in [5.41, 5.74) is 2.07. The number of amides is 1. The van der Waals surface area contributed by atoms with E-state index in [-0.39, 0.29) is 23.4 Å². The molecule has 108 valence electrons. The van der Waals surface area contributed by atoms with Gasteiger partial charge in [-0.05, 0) is 31.9 Å². The summed E-state index contributed by atoms with van der Waals surface area (Å²) in [6.45, 7) is 6.20. The second-order valence-electron chi connectivity index (χ2n) is 6.33. The highest BCUT2D eigenvalue weighted by Crippen LogP contribution is 2.53. The van der Waals surface area contributed by atoms with Crippen LogP contribution in [0.15, 0.2) is 60.7 Å². The zero-order valence-electron chi connectivity index (χ0n) is 12.8. The quantitative estimate of drug-likeness (QED) is 0.765. The van der Waals surface area contributed by atoms with E-state index in [9.17, 15) is 4.79 Å². The summed E-state index contributed by atoms with van der Waals surface area (Å²) in [7, 11) is 0. The predicted molar refractivity (Wildman–Crippen MR) is 84.7 cm³/mol. The van der Waals surface area contributed by atoms with Crippen molar-refractivity contribution >= 4 is 5.91 Å². The lowest BCUT2D eigenvalue weighted by atomic mass is 9.69. The molecule has 1 saturated heterocycles. The van der Waals surface area contributed by atoms with Crippen LogP contribution in [0.4, 0.5) is 0 Å². The molecule has 0 spiro atoms. The molecule has 1 heterocycles. The number of β-lactam (4-membered cyclic amide) rings is 1. The van der Waals surface area contributed by atoms with Gasteiger partial charge in [-0.2, -0.15) is 0 Å². The van der Waals surface area contributed by atoms with E-state index in [1.807, 2.05) is 55.1 Å². The number of rotatable bonds is 3. The standard InChI is InChI=1S/C19H21NO/c1-14(15-10-6-4-7-11-15)20-17(19(2,3)18(20)21)16-12-8-5-9-13-16/h4-14,17H,1-3H3. The molecule has 0 radical (unpaired) electrons. The first-order valence-electron chi connectivity index (χ1n) is 7.46. The number of carbonyl (C=O) groups excluding carboxylic acids is 1. The van der Waals surface area contributed by atoms with Crippen LogP contribution in [0.2, 0.25) is 0 Å². The van der Waals surface area contributed by atoms with E-state index in [1.54, 1.807) is 0 Å². The van der Waals surface area contributed by atoms with Gasteiger partial charge in [0.05, 0.1) is 17.5 Å². The molecule has 2 atom stereocenters. The molecule has 0 bridgehead atoms. The molecule has 2 heteroatoms. The minimum absolute atomic E-state index is 0.0944. The highest BCUT2D eigenvalue weighted by atomic mass is 16.2. The Kier molecular flexibility index (Phi) is 3.32. The topological polar surface area (TPSA) is 20.3 Å². The smallest absolute Gasteiger partial charge is 0.231 e. The van der Waals surface area contributed by atoms with Crippen LogP contribution in [0, 0.1) is 5.41 Å². The molecule has 1 aliphatic heterocycles. The van der Waals surface area contributed by atoms with Gasteiger partial charge in [-0.25, -0.2) is 0 Å². The van der Waals surface area contributed by atoms with Crippen LogP contribution in [0.1, 0.15) is 44.0 Å². The van der Waals surface area contributed by atoms with Gasteiger partial charge in [-0.3, -0.25) is 4.79 Å². The normalized spacial score (nSPS) is 21.8. The molecule has 1 fully saturated rings. The van der Waals surface area contributed by atoms with Gasteiger partial charge in [0.2, 0.25) is 5.91 Å². The molecule has 0 N–H and O–H groups in total. The van der Waals surface area contributed by atoms with Gasteiger partial charge >= 0.3 is 0 Å². The predicted octanol–water partition coefficient (Wildman–Crippen LogP) is 4.36. The molecule has 2 aromatic rings. The summed E-state index contributed by atoms with van der Waals surface area (Å²) in [6, 6.07) is 20.8. The highest BCUT2D eigenvalue weighted by Gasteiger charge is 2.56. The molecule has 1 aliphatic rings. The lowest BCUT2D eigenvalue weighted by molar-refractivity contribution is -0.174. The maximum Gasteiger partial charge on any atom is 0.231 e. The summed E-state index contributed by atoms with van der Waals surface area (Å²) in [5, 5.41) is 0. The van der Waals surface area contributed by atoms with E-state index in [0.717, 1.165) is 0 Å². The third-order valence-electron chi connectivity index (χ3n) is 4.56. The number of nitrogens with zero attached hydrogens (tertiary/aromatic N) is 1. The van der Waals surface area contributed by atoms with Crippen LogP contribution in [-0.4, -0.2) is 10.8 Å². The highest BCUT2D eigenvalue weighted by molar-refractivity contribution is 5.90. The van der Waals surface area contributed by atoms with Gasteiger partial charge in [0.15, 0.2) is 0 Å². The van der Waals surface area contributed by atoms with Crippen molar-refractivity contribution in [2.24, 2.45) is 5.41 Å². The first-order valence-corrected chi connectivity index (χ1v) is 7.46. The third-order valence-corrected chi connectivity index (χ3v) is 4.56. The second-order valence-corrected chi connectivity index (χ2v) is 6.33. The van der Waals surface area contributed by atoms with Crippen molar-refractivity contribution in [3.05, 3.63) is 71.8 Å². The molecule has 0 saturated carbocycles. The van der Waals surface area contributed by atoms with Crippen molar-refractivity contribution in [3.8, 4) is 0 Å². The fraction of sp³-hybridized carbons (Fsp3) is 0.316. The van der Waals surface area contributed by atoms with E-state index in [4.69, 9.17) is 0 Å². The zero-order chi connectivity index (χ0) is 15.0. The largest absolute Gasteiger partial charge is 0.327 e. The Balaban J connectivity index is 1.96. The summed E-state index contributed by atoms with van der Waals surface area (Å²) in [6.07, 6.45) is 0. The van der Waals surface area contributed by atoms with Crippen molar-refractivity contribution in [3.63, 3.8) is 0 Å². The summed E-state index contributed by atoms with van der Waals surface area (Å²) >= 11 is 0. The van der Waals surface area contributed by atoms with Crippen molar-refractivity contribution in [2.75, 3.05) is 0 Å². The van der Waals surface area contributed by atoms with Crippen LogP contribution < -0.4 is 0 Å². The first kappa shape index (κ1) is 13.9. The fourth-order valence-corrected chi connectivity index (χ4v) is 3.35. The average molecular weight is 279 g/mol. The van der Waals surface area contributed by atoms with Gasteiger partial charge in [0.1, 0.15) is 0 Å². The molecule has 21 heavy (non-hydrogen) atoms. The van der Waals surface area contributed by atoms with E-state index in [2.05, 4.69) is 31.2 Å². The molecular formula is C19H21NO. The van der Waals surface area contributed by atoms with Crippen LogP contribution in [0.25, 0.3) is 0 Å². The molecular weight excluding hydrogens is 258 g/mol. The van der Waals surface area contributed by atoms with Crippen LogP contribution in [0.3, 0.4) is 0 Å². The monoisotopic (exact) mass is 279 g/mol. The zero-order valence-corrected chi connectivity index (χ0v) is 12.8. The molecule has 2 nitrogen and oxygen atoms in total. The van der Waals surface area contributed by atoms with Gasteiger partial charge in [0, 0.05) is 0 Å². The lowest BCUT2D eigenvalue weighted by Crippen LogP contribution is -2.61. The Hall–Kier alpha value is -2.09. The maximum atomic E-state index is 12.6. The van der Waals surface area contributed by atoms with Gasteiger partial charge in [0.25, 0.3) is 0 Å². The molecule has 1 amide bonds. The number of hydrogen-bond acceptors (Lipinski definition) is 1. The van der Waals surface area contributed by atoms with Crippen LogP contribution in [0.5, 0.6) is 0 Å². The van der Waals surface area contributed by atoms with Crippen LogP contribution >= 0.6 is 0 Å². The van der Waals surface area contributed by atoms with Crippen molar-refractivity contribution in [2.45, 2.75) is 32.9 Å². The van der Waals surface area contributed by atoms with Crippen molar-refractivity contribution in [1.29, 1.82) is 0 Å². The average Bonchev–Trinajstić information content (AvgIpc) is 2.52. The Labute approximate surface area is 126 Å². The third kappa shape index (κ3) is 2.15. The second kappa shape index (κ2) is 5.03. The van der Waals surface area contributed by atoms with Crippen molar-refractivity contribution in [1.82, 2.24) is 4.90 Å². The van der Waals surface area contributed by atoms with E-state index in [1.165, 1.54) is 11.1 Å². The lowest BCUT2D eigenvalue weighted by Gasteiger charge is -2.56. The van der Waals surface area contributed by atoms with E-state index in [0.29, 0.717) is 0 Å². The van der Waals surface area contributed by atoms with Gasteiger partial charge in [-0.1, -0.05) is 60.7 Å². The molecule has 0 aromatic heterocycles.